The molecule has 0 unspecified atom stereocenters. The highest BCUT2D eigenvalue weighted by molar-refractivity contribution is 5.47. The van der Waals surface area contributed by atoms with Crippen LogP contribution in [0.5, 0.6) is 11.5 Å². The maximum atomic E-state index is 12.2. The third-order valence-electron chi connectivity index (χ3n) is 2.67. The molecule has 0 atom stereocenters. The van der Waals surface area contributed by atoms with E-state index in [2.05, 4.69) is 4.74 Å². The Hall–Kier alpha value is -1.94. The lowest BCUT2D eigenvalue weighted by atomic mass is 9.92. The molecule has 0 aliphatic heterocycles. The van der Waals surface area contributed by atoms with Crippen molar-refractivity contribution >= 4 is 0 Å². The molecule has 4 nitrogen and oxygen atoms in total. The molecule has 0 amide bonds. The molecule has 0 spiro atoms. The lowest BCUT2D eigenvalue weighted by Crippen LogP contribution is -2.37. The number of nitrogens with zero attached hydrogens (tertiary/aromatic N) is 1. The van der Waals surface area contributed by atoms with Gasteiger partial charge in [0.1, 0.15) is 17.9 Å². The second kappa shape index (κ2) is 4.97. The number of hydrogen-bond donors (Lipinski definition) is 1. The monoisotopic (exact) mass is 273 g/mol. The third-order valence-corrected chi connectivity index (χ3v) is 2.67. The number of alkyl halides is 3. The largest absolute Gasteiger partial charge is 0.573 e. The second-order valence-corrected chi connectivity index (χ2v) is 4.18. The summed E-state index contributed by atoms with van der Waals surface area (Å²) in [5, 5.41) is 17.8. The number of rotatable bonds is 3. The van der Waals surface area contributed by atoms with E-state index < -0.39 is 18.2 Å². The molecule has 0 aromatic heterocycles. The summed E-state index contributed by atoms with van der Waals surface area (Å²) in [5.74, 6) is -0.414. The minimum absolute atomic E-state index is 0.176. The quantitative estimate of drug-likeness (QED) is 0.918. The first-order chi connectivity index (χ1) is 8.87. The number of nitriles is 1. The van der Waals surface area contributed by atoms with Crippen LogP contribution in [0.4, 0.5) is 13.2 Å². The average molecular weight is 273 g/mol. The van der Waals surface area contributed by atoms with E-state index in [0.29, 0.717) is 12.8 Å². The highest BCUT2D eigenvalue weighted by Gasteiger charge is 2.33. The van der Waals surface area contributed by atoms with E-state index in [1.807, 2.05) is 0 Å². The van der Waals surface area contributed by atoms with Crippen LogP contribution < -0.4 is 9.47 Å². The molecule has 1 aliphatic rings. The fourth-order valence-electron chi connectivity index (χ4n) is 1.70. The van der Waals surface area contributed by atoms with Crippen molar-refractivity contribution in [2.75, 3.05) is 0 Å². The van der Waals surface area contributed by atoms with Gasteiger partial charge < -0.3 is 14.6 Å². The van der Waals surface area contributed by atoms with Crippen molar-refractivity contribution < 1.29 is 27.8 Å². The van der Waals surface area contributed by atoms with Gasteiger partial charge in [-0.15, -0.1) is 13.2 Å². The lowest BCUT2D eigenvalue weighted by Gasteiger charge is -2.31. The van der Waals surface area contributed by atoms with Gasteiger partial charge in [0.05, 0.1) is 11.7 Å². The van der Waals surface area contributed by atoms with E-state index in [1.165, 1.54) is 12.1 Å². The minimum atomic E-state index is -4.86. The summed E-state index contributed by atoms with van der Waals surface area (Å²) >= 11 is 0. The summed E-state index contributed by atoms with van der Waals surface area (Å²) in [6.07, 6.45) is -4.63. The first-order valence-electron chi connectivity index (χ1n) is 5.52. The minimum Gasteiger partial charge on any atom is -0.490 e. The van der Waals surface area contributed by atoms with Gasteiger partial charge in [-0.05, 0) is 12.1 Å². The summed E-state index contributed by atoms with van der Waals surface area (Å²) < 4.78 is 45.7. The van der Waals surface area contributed by atoms with Crippen LogP contribution in [0.25, 0.3) is 0 Å². The van der Waals surface area contributed by atoms with Crippen molar-refractivity contribution in [2.24, 2.45) is 0 Å². The Balaban J connectivity index is 2.14. The highest BCUT2D eigenvalue weighted by atomic mass is 19.4. The van der Waals surface area contributed by atoms with Gasteiger partial charge >= 0.3 is 6.36 Å². The topological polar surface area (TPSA) is 62.5 Å². The van der Waals surface area contributed by atoms with Gasteiger partial charge in [0, 0.05) is 18.9 Å². The van der Waals surface area contributed by atoms with Crippen molar-refractivity contribution in [3.05, 3.63) is 23.8 Å². The Labute approximate surface area is 107 Å². The Morgan fingerprint density at radius 3 is 2.53 bits per heavy atom. The molecular formula is C12H10F3NO3. The summed E-state index contributed by atoms with van der Waals surface area (Å²) in [6, 6.07) is 5.23. The van der Waals surface area contributed by atoms with Gasteiger partial charge in [0.2, 0.25) is 0 Å². The summed E-state index contributed by atoms with van der Waals surface area (Å²) in [7, 11) is 0. The van der Waals surface area contributed by atoms with Crippen LogP contribution >= 0.6 is 0 Å². The molecule has 0 heterocycles. The van der Waals surface area contributed by atoms with Gasteiger partial charge in [0.15, 0.2) is 5.75 Å². The maximum absolute atomic E-state index is 12.2. The molecule has 1 aliphatic carbocycles. The van der Waals surface area contributed by atoms with Crippen LogP contribution in [0.3, 0.4) is 0 Å². The van der Waals surface area contributed by atoms with E-state index in [9.17, 15) is 13.2 Å². The fraction of sp³-hybridized carbons (Fsp3) is 0.417. The van der Waals surface area contributed by atoms with Crippen LogP contribution in [0.15, 0.2) is 18.2 Å². The maximum Gasteiger partial charge on any atom is 0.573 e. The first kappa shape index (κ1) is 13.5. The molecule has 0 radical (unpaired) electrons. The fourth-order valence-corrected chi connectivity index (χ4v) is 1.70. The standard InChI is InChI=1S/C12H10F3NO3/c13-12(14,15)19-11-5-9(2-1-7(11)6-16)18-10-3-8(17)4-10/h1-2,5,8,10,17H,3-4H2/t8-,10-. The Kier molecular flexibility index (Phi) is 3.53. The second-order valence-electron chi connectivity index (χ2n) is 4.18. The van der Waals surface area contributed by atoms with Crippen molar-refractivity contribution in [2.45, 2.75) is 31.4 Å². The van der Waals surface area contributed by atoms with E-state index in [1.54, 1.807) is 6.07 Å². The van der Waals surface area contributed by atoms with Crippen molar-refractivity contribution in [1.82, 2.24) is 0 Å². The molecular weight excluding hydrogens is 263 g/mol. The zero-order valence-corrected chi connectivity index (χ0v) is 9.65. The van der Waals surface area contributed by atoms with Gasteiger partial charge in [-0.2, -0.15) is 5.26 Å². The smallest absolute Gasteiger partial charge is 0.490 e. The van der Waals surface area contributed by atoms with Gasteiger partial charge in [-0.1, -0.05) is 0 Å². The predicted octanol–water partition coefficient (Wildman–Crippen LogP) is 2.36. The number of halogens is 3. The molecule has 0 bridgehead atoms. The number of benzene rings is 1. The van der Waals surface area contributed by atoms with E-state index in [4.69, 9.17) is 15.1 Å². The molecule has 1 saturated carbocycles. The zero-order chi connectivity index (χ0) is 14.0. The summed E-state index contributed by atoms with van der Waals surface area (Å²) in [4.78, 5) is 0. The van der Waals surface area contributed by atoms with Gasteiger partial charge in [-0.25, -0.2) is 0 Å². The molecule has 1 aromatic carbocycles. The van der Waals surface area contributed by atoms with E-state index >= 15 is 0 Å². The number of ether oxygens (including phenoxy) is 2. The molecule has 2 rings (SSSR count). The summed E-state index contributed by atoms with van der Waals surface area (Å²) in [6.45, 7) is 0. The molecule has 102 valence electrons. The molecule has 0 saturated heterocycles. The Bertz CT molecular complexity index is 504. The van der Waals surface area contributed by atoms with Gasteiger partial charge in [0.25, 0.3) is 0 Å². The lowest BCUT2D eigenvalue weighted by molar-refractivity contribution is -0.274. The van der Waals surface area contributed by atoms with Crippen LogP contribution in [-0.4, -0.2) is 23.7 Å². The zero-order valence-electron chi connectivity index (χ0n) is 9.65. The third kappa shape index (κ3) is 3.51. The van der Waals surface area contributed by atoms with Crippen LogP contribution in [0.2, 0.25) is 0 Å². The first-order valence-corrected chi connectivity index (χ1v) is 5.52. The van der Waals surface area contributed by atoms with Crippen LogP contribution in [0.1, 0.15) is 18.4 Å². The van der Waals surface area contributed by atoms with Crippen LogP contribution in [0, 0.1) is 11.3 Å². The van der Waals surface area contributed by atoms with E-state index in [0.717, 1.165) is 6.07 Å². The predicted molar refractivity (Wildman–Crippen MR) is 57.5 cm³/mol. The molecule has 7 heteroatoms. The number of aliphatic hydroxyl groups excluding tert-OH is 1. The van der Waals surface area contributed by atoms with Crippen molar-refractivity contribution in [1.29, 1.82) is 5.26 Å². The normalized spacial score (nSPS) is 22.3. The van der Waals surface area contributed by atoms with E-state index in [-0.39, 0.29) is 17.4 Å². The highest BCUT2D eigenvalue weighted by Crippen LogP contribution is 2.32. The molecule has 1 N–H and O–H groups in total. The molecule has 1 fully saturated rings. The van der Waals surface area contributed by atoms with Crippen molar-refractivity contribution in [3.63, 3.8) is 0 Å². The van der Waals surface area contributed by atoms with Gasteiger partial charge in [-0.3, -0.25) is 0 Å². The summed E-state index contributed by atoms with van der Waals surface area (Å²) in [5.41, 5.74) is -0.224. The Morgan fingerprint density at radius 1 is 1.32 bits per heavy atom. The molecule has 1 aromatic rings. The average Bonchev–Trinajstić information content (AvgIpc) is 2.25. The Morgan fingerprint density at radius 2 is 2.00 bits per heavy atom. The number of hydrogen-bond acceptors (Lipinski definition) is 4. The SMILES string of the molecule is N#Cc1ccc(O[C@H]2C[C@H](O)C2)cc1OC(F)(F)F. The molecule has 19 heavy (non-hydrogen) atoms. The number of aliphatic hydroxyl groups is 1. The van der Waals surface area contributed by atoms with Crippen LogP contribution in [-0.2, 0) is 0 Å². The van der Waals surface area contributed by atoms with Crippen molar-refractivity contribution in [3.8, 4) is 17.6 Å².